The lowest BCUT2D eigenvalue weighted by molar-refractivity contribution is -0.182. The van der Waals surface area contributed by atoms with Gasteiger partial charge in [-0.2, -0.15) is 13.2 Å². The minimum absolute atomic E-state index is 0.0163. The zero-order valence-corrected chi connectivity index (χ0v) is 56.6. The number of hydrogen-bond acceptors (Lipinski definition) is 11. The van der Waals surface area contributed by atoms with Crippen molar-refractivity contribution in [1.29, 1.82) is 0 Å². The highest BCUT2D eigenvalue weighted by atomic mass is 35.5. The maximum absolute atomic E-state index is 15.1. The van der Waals surface area contributed by atoms with Crippen LogP contribution in [0.15, 0.2) is 0 Å². The molecular weight excluding hydrogens is 1200 g/mol. The molecule has 0 aromatic heterocycles. The smallest absolute Gasteiger partial charge is 0.351 e. The van der Waals surface area contributed by atoms with Gasteiger partial charge in [-0.1, -0.05) is 91.9 Å². The fourth-order valence-electron chi connectivity index (χ4n) is 15.1. The van der Waals surface area contributed by atoms with Gasteiger partial charge in [0.05, 0.1) is 25.6 Å². The first kappa shape index (κ1) is 74.3. The SMILES string of the molecule is CC[C@H](C)[C@@H]1NC(=O)[C@H](C2CCCC2)N(C)C(=O)C[C@@H](C)NC(=O)[C@H](C(C)C)N(C)C(=O)C2(CCCC2)NC(=O)[C@@H]2CCCN2C(=O)[C@H](CCC2CCC(C(F)(F)F)C(Cl)C2)NC(=O)CN(C)C(=O)[C@H](CC2CCCCC2)N(C)C(=O)CN(C)C(=O)CN(C)C1=O. The average Bonchev–Trinajstić information content (AvgIpc) is 1.79. The topological polar surface area (TPSA) is 259 Å². The Hall–Kier alpha value is -5.75. The van der Waals surface area contributed by atoms with Gasteiger partial charge in [0.1, 0.15) is 41.8 Å². The van der Waals surface area contributed by atoms with Crippen LogP contribution in [-0.2, 0) is 52.7 Å². The number of alkyl halides is 4. The summed E-state index contributed by atoms with van der Waals surface area (Å²) in [5.74, 6) is -9.54. The zero-order chi connectivity index (χ0) is 67.4. The normalized spacial score (nSPS) is 30.7. The second kappa shape index (κ2) is 32.9. The van der Waals surface area contributed by atoms with Gasteiger partial charge in [0.2, 0.25) is 65.0 Å². The van der Waals surface area contributed by atoms with Crippen molar-refractivity contribution in [1.82, 2.24) is 55.6 Å². The molecular formula is C65H105ClF3N11O11. The van der Waals surface area contributed by atoms with Crippen LogP contribution in [0.25, 0.3) is 0 Å². The van der Waals surface area contributed by atoms with Crippen molar-refractivity contribution in [2.75, 3.05) is 68.5 Å². The van der Waals surface area contributed by atoms with E-state index in [4.69, 9.17) is 11.6 Å². The molecule has 6 aliphatic rings. The molecule has 0 aromatic rings. The molecule has 2 saturated heterocycles. The highest BCUT2D eigenvalue weighted by Gasteiger charge is 2.51. The highest BCUT2D eigenvalue weighted by Crippen LogP contribution is 2.44. The molecule has 6 rings (SSSR count). The monoisotopic (exact) mass is 1310 g/mol. The number of fused-ring (bicyclic) bond motifs is 1. The predicted octanol–water partition coefficient (Wildman–Crippen LogP) is 5.37. The third kappa shape index (κ3) is 19.0. The maximum atomic E-state index is 15.1. The van der Waals surface area contributed by atoms with Gasteiger partial charge < -0.3 is 55.6 Å². The van der Waals surface area contributed by atoms with E-state index in [1.807, 2.05) is 6.92 Å². The largest absolute Gasteiger partial charge is 0.393 e. The number of amides is 11. The van der Waals surface area contributed by atoms with Gasteiger partial charge in [0.15, 0.2) is 0 Å². The molecule has 0 aromatic carbocycles. The maximum Gasteiger partial charge on any atom is 0.393 e. The summed E-state index contributed by atoms with van der Waals surface area (Å²) >= 11 is 6.36. The van der Waals surface area contributed by atoms with Gasteiger partial charge in [-0.25, -0.2) is 0 Å². The third-order valence-corrected chi connectivity index (χ3v) is 21.3. The summed E-state index contributed by atoms with van der Waals surface area (Å²) in [6.07, 6.45) is 5.72. The van der Waals surface area contributed by atoms with E-state index in [-0.39, 0.29) is 88.5 Å². The number of nitrogens with zero attached hydrogens (tertiary/aromatic N) is 7. The third-order valence-electron chi connectivity index (χ3n) is 20.8. The van der Waals surface area contributed by atoms with Crippen LogP contribution in [0.3, 0.4) is 0 Å². The number of carbonyl (C=O) groups excluding carboxylic acids is 11. The van der Waals surface area contributed by atoms with Crippen LogP contribution in [0.1, 0.15) is 182 Å². The lowest BCUT2D eigenvalue weighted by Gasteiger charge is -2.39. The molecule has 22 nitrogen and oxygen atoms in total. The van der Waals surface area contributed by atoms with Crippen LogP contribution in [-0.4, -0.2) is 227 Å². The number of halogens is 4. The van der Waals surface area contributed by atoms with E-state index < -0.39 is 162 Å². The first-order chi connectivity index (χ1) is 42.8. The summed E-state index contributed by atoms with van der Waals surface area (Å²) in [7, 11) is 8.72. The van der Waals surface area contributed by atoms with Crippen LogP contribution in [0.5, 0.6) is 0 Å². The number of carbonyl (C=O) groups is 11. The summed E-state index contributed by atoms with van der Waals surface area (Å²) in [5.41, 5.74) is -1.47. The molecule has 514 valence electrons. The number of likely N-dealkylation sites (N-methyl/N-ethyl adjacent to an activating group) is 6. The number of hydrogen-bond donors (Lipinski definition) is 4. The molecule has 2 aliphatic heterocycles. The van der Waals surface area contributed by atoms with Gasteiger partial charge in [-0.05, 0) is 114 Å². The Labute approximate surface area is 541 Å². The van der Waals surface area contributed by atoms with Crippen LogP contribution in [0.4, 0.5) is 13.2 Å². The first-order valence-electron chi connectivity index (χ1n) is 33.6. The molecule has 1 spiro atoms. The van der Waals surface area contributed by atoms with E-state index in [0.29, 0.717) is 38.5 Å². The van der Waals surface area contributed by atoms with Crippen LogP contribution < -0.4 is 21.3 Å². The molecule has 91 heavy (non-hydrogen) atoms. The summed E-state index contributed by atoms with van der Waals surface area (Å²) in [5, 5.41) is 10.5. The summed E-state index contributed by atoms with van der Waals surface area (Å²) in [6.45, 7) is 7.42. The Morgan fingerprint density at radius 3 is 1.82 bits per heavy atom. The highest BCUT2D eigenvalue weighted by molar-refractivity contribution is 6.20. The lowest BCUT2D eigenvalue weighted by Crippen LogP contribution is -2.64. The second-order valence-electron chi connectivity index (χ2n) is 28.0. The van der Waals surface area contributed by atoms with Crippen molar-refractivity contribution in [2.45, 2.75) is 242 Å². The van der Waals surface area contributed by atoms with E-state index in [1.165, 1.54) is 71.7 Å². The van der Waals surface area contributed by atoms with Crippen LogP contribution in [0, 0.1) is 35.5 Å². The van der Waals surface area contributed by atoms with E-state index >= 15 is 9.59 Å². The Bertz CT molecular complexity index is 2600. The molecule has 0 bridgehead atoms. The molecule has 26 heteroatoms. The fraction of sp³-hybridized carbons (Fsp3) is 0.831. The van der Waals surface area contributed by atoms with E-state index in [2.05, 4.69) is 21.3 Å². The fourth-order valence-corrected chi connectivity index (χ4v) is 15.6. The van der Waals surface area contributed by atoms with Gasteiger partial charge >= 0.3 is 6.18 Å². The zero-order valence-electron chi connectivity index (χ0n) is 55.8. The summed E-state index contributed by atoms with van der Waals surface area (Å²) in [6, 6.07) is -7.46. The van der Waals surface area contributed by atoms with Crippen molar-refractivity contribution in [3.05, 3.63) is 0 Å². The van der Waals surface area contributed by atoms with E-state index in [9.17, 15) is 56.3 Å². The first-order valence-corrected chi connectivity index (χ1v) is 34.0. The second-order valence-corrected chi connectivity index (χ2v) is 28.6. The molecule has 11 amide bonds. The van der Waals surface area contributed by atoms with Crippen molar-refractivity contribution in [2.24, 2.45) is 35.5 Å². The Kier molecular flexibility index (Phi) is 26.8. The molecule has 11 atom stereocenters. The van der Waals surface area contributed by atoms with E-state index in [0.717, 1.165) is 49.8 Å². The summed E-state index contributed by atoms with van der Waals surface area (Å²) < 4.78 is 41.7. The quantitative estimate of drug-likeness (QED) is 0.214. The van der Waals surface area contributed by atoms with Crippen molar-refractivity contribution in [3.8, 4) is 0 Å². The van der Waals surface area contributed by atoms with Gasteiger partial charge in [0, 0.05) is 66.7 Å². The van der Waals surface area contributed by atoms with Crippen molar-refractivity contribution < 1.29 is 65.9 Å². The van der Waals surface area contributed by atoms with Crippen molar-refractivity contribution in [3.63, 3.8) is 0 Å². The molecule has 0 radical (unpaired) electrons. The minimum atomic E-state index is -4.49. The van der Waals surface area contributed by atoms with Crippen LogP contribution >= 0.6 is 11.6 Å². The Morgan fingerprint density at radius 1 is 0.604 bits per heavy atom. The average molecular weight is 1310 g/mol. The summed E-state index contributed by atoms with van der Waals surface area (Å²) in [4.78, 5) is 169. The minimum Gasteiger partial charge on any atom is -0.351 e. The van der Waals surface area contributed by atoms with E-state index in [1.54, 1.807) is 27.7 Å². The molecule has 2 heterocycles. The lowest BCUT2D eigenvalue weighted by atomic mass is 9.78. The van der Waals surface area contributed by atoms with Crippen molar-refractivity contribution >= 4 is 76.6 Å². The molecule has 6 fully saturated rings. The number of rotatable bonds is 9. The molecule has 4 aliphatic carbocycles. The van der Waals surface area contributed by atoms with Gasteiger partial charge in [-0.3, -0.25) is 52.7 Å². The molecule has 3 unspecified atom stereocenters. The van der Waals surface area contributed by atoms with Gasteiger partial charge in [-0.15, -0.1) is 11.6 Å². The van der Waals surface area contributed by atoms with Crippen LogP contribution in [0.2, 0.25) is 0 Å². The predicted molar refractivity (Wildman–Crippen MR) is 336 cm³/mol. The Balaban J connectivity index is 1.34. The number of nitrogens with one attached hydrogen (secondary N) is 4. The standard InChI is InChI=1S/C65H105ClF3N11O11/c1-12-40(4)54-62(90)76(8)37-52(83)74(6)38-53(84)77(9)49(35-42-21-14-13-15-22-42)61(89)75(7)36-50(81)71-47(29-27-43-26-28-45(46(66)34-43)65(67,68)69)60(88)80-32-20-25-48(80)57(85)73-64(30-18-19-31-64)63(91)79(11)55(39(2)3)58(86)70-41(5)33-51(82)78(10)56(59(87)72-54)44-23-16-17-24-44/h39-49,54-56H,12-38H2,1-11H3,(H,70,86)(H,71,81)(H,72,87)(H,73,85)/t40-,41+,43?,45?,46?,47-,48-,49-,54-,55-,56-/m0/s1. The van der Waals surface area contributed by atoms with Gasteiger partial charge in [0.25, 0.3) is 0 Å². The Morgan fingerprint density at radius 2 is 1.22 bits per heavy atom. The molecule has 4 N–H and O–H groups in total. The molecule has 4 saturated carbocycles.